The van der Waals surface area contributed by atoms with Crippen molar-refractivity contribution in [1.82, 2.24) is 4.31 Å². The van der Waals surface area contributed by atoms with Crippen LogP contribution in [0.15, 0.2) is 58.3 Å². The normalized spacial score (nSPS) is 21.5. The van der Waals surface area contributed by atoms with Crippen LogP contribution in [-0.2, 0) is 24.3 Å². The first-order chi connectivity index (χ1) is 13.1. The molecule has 0 radical (unpaired) electrons. The van der Waals surface area contributed by atoms with Gasteiger partial charge in [-0.2, -0.15) is 12.7 Å². The van der Waals surface area contributed by atoms with Gasteiger partial charge in [0.1, 0.15) is 0 Å². The maximum absolute atomic E-state index is 13.0. The van der Waals surface area contributed by atoms with Crippen LogP contribution < -0.4 is 0 Å². The number of hydrogen-bond acceptors (Lipinski definition) is 5. The molecule has 0 saturated carbocycles. The first-order valence-electron chi connectivity index (χ1n) is 9.18. The number of aryl methyl sites for hydroxylation is 2. The van der Waals surface area contributed by atoms with Crippen LogP contribution in [0.5, 0.6) is 0 Å². The monoisotopic (exact) mass is 423 g/mol. The van der Waals surface area contributed by atoms with Gasteiger partial charge in [0.15, 0.2) is 0 Å². The van der Waals surface area contributed by atoms with E-state index in [0.717, 1.165) is 11.1 Å². The molecule has 2 atom stereocenters. The van der Waals surface area contributed by atoms with Crippen molar-refractivity contribution in [3.63, 3.8) is 0 Å². The highest BCUT2D eigenvalue weighted by Crippen LogP contribution is 2.28. The summed E-state index contributed by atoms with van der Waals surface area (Å²) in [4.78, 5) is 0.275. The zero-order chi connectivity index (χ0) is 20.5. The van der Waals surface area contributed by atoms with Gasteiger partial charge in [0.2, 0.25) is 10.0 Å². The summed E-state index contributed by atoms with van der Waals surface area (Å²) in [7, 11) is -7.68. The highest BCUT2D eigenvalue weighted by atomic mass is 32.2. The number of rotatable bonds is 5. The lowest BCUT2D eigenvalue weighted by molar-refractivity contribution is 0.110. The maximum atomic E-state index is 13.0. The van der Waals surface area contributed by atoms with Crippen molar-refractivity contribution in [2.75, 3.05) is 6.54 Å². The minimum atomic E-state index is -3.95. The highest BCUT2D eigenvalue weighted by Gasteiger charge is 2.37. The molecular weight excluding hydrogens is 398 g/mol. The van der Waals surface area contributed by atoms with Crippen LogP contribution in [0.2, 0.25) is 0 Å². The van der Waals surface area contributed by atoms with Crippen molar-refractivity contribution < 1.29 is 21.0 Å². The molecule has 0 aromatic heterocycles. The van der Waals surface area contributed by atoms with Crippen molar-refractivity contribution in [1.29, 1.82) is 0 Å². The van der Waals surface area contributed by atoms with Crippen molar-refractivity contribution in [2.45, 2.75) is 55.5 Å². The molecule has 1 aliphatic rings. The Labute approximate surface area is 167 Å². The summed E-state index contributed by atoms with van der Waals surface area (Å²) in [5, 5.41) is 0. The molecule has 0 N–H and O–H groups in total. The van der Waals surface area contributed by atoms with Gasteiger partial charge in [-0.1, -0.05) is 35.4 Å². The zero-order valence-electron chi connectivity index (χ0n) is 16.2. The molecule has 28 heavy (non-hydrogen) atoms. The molecule has 2 aromatic carbocycles. The Morgan fingerprint density at radius 2 is 1.32 bits per heavy atom. The van der Waals surface area contributed by atoms with E-state index in [1.807, 2.05) is 20.8 Å². The van der Waals surface area contributed by atoms with E-state index in [4.69, 9.17) is 4.18 Å². The fourth-order valence-electron chi connectivity index (χ4n) is 3.24. The molecule has 6 nitrogen and oxygen atoms in total. The van der Waals surface area contributed by atoms with E-state index in [-0.39, 0.29) is 22.4 Å². The van der Waals surface area contributed by atoms with Crippen molar-refractivity contribution >= 4 is 20.1 Å². The van der Waals surface area contributed by atoms with Crippen LogP contribution in [0.1, 0.15) is 30.9 Å². The molecule has 0 aliphatic carbocycles. The van der Waals surface area contributed by atoms with Crippen LogP contribution >= 0.6 is 0 Å². The Hall–Kier alpha value is -1.74. The zero-order valence-corrected chi connectivity index (χ0v) is 17.8. The molecular formula is C20H25NO5S2. The van der Waals surface area contributed by atoms with Crippen LogP contribution in [0.25, 0.3) is 0 Å². The number of hydrogen-bond donors (Lipinski definition) is 0. The number of benzene rings is 2. The molecule has 8 heteroatoms. The van der Waals surface area contributed by atoms with E-state index in [1.165, 1.54) is 16.4 Å². The van der Waals surface area contributed by atoms with E-state index in [0.29, 0.717) is 12.8 Å². The lowest BCUT2D eigenvalue weighted by atomic mass is 10.0. The van der Waals surface area contributed by atoms with Gasteiger partial charge in [-0.05, 0) is 57.9 Å². The summed E-state index contributed by atoms with van der Waals surface area (Å²) in [5.41, 5.74) is 1.91. The molecule has 0 bridgehead atoms. The van der Waals surface area contributed by atoms with Gasteiger partial charge >= 0.3 is 0 Å². The predicted octanol–water partition coefficient (Wildman–Crippen LogP) is 3.25. The van der Waals surface area contributed by atoms with Crippen molar-refractivity contribution in [2.24, 2.45) is 0 Å². The summed E-state index contributed by atoms with van der Waals surface area (Å²) in [6.45, 7) is 5.59. The van der Waals surface area contributed by atoms with E-state index in [9.17, 15) is 16.8 Å². The standard InChI is InChI=1S/C20H25NO5S2/c1-15-4-10-19(11-5-15)27(22,23)21-14-18(9-8-17(21)3)26-28(24,25)20-12-6-16(2)7-13-20/h4-7,10-13,17-18H,8-9,14H2,1-3H3/t17-,18+/m0/s1. The van der Waals surface area contributed by atoms with Gasteiger partial charge in [0.05, 0.1) is 15.9 Å². The van der Waals surface area contributed by atoms with Gasteiger partial charge in [-0.3, -0.25) is 4.18 Å². The van der Waals surface area contributed by atoms with Gasteiger partial charge in [0, 0.05) is 12.6 Å². The minimum Gasteiger partial charge on any atom is -0.262 e. The Kier molecular flexibility index (Phi) is 5.95. The summed E-state index contributed by atoms with van der Waals surface area (Å²) < 4.78 is 58.0. The Morgan fingerprint density at radius 1 is 0.821 bits per heavy atom. The van der Waals surface area contributed by atoms with Gasteiger partial charge in [-0.15, -0.1) is 0 Å². The lowest BCUT2D eigenvalue weighted by Gasteiger charge is -2.36. The second-order valence-corrected chi connectivity index (χ2v) is 10.8. The number of sulfonamides is 1. The van der Waals surface area contributed by atoms with E-state index < -0.39 is 26.2 Å². The molecule has 0 unspecified atom stereocenters. The third-order valence-electron chi connectivity index (χ3n) is 4.98. The predicted molar refractivity (Wildman–Crippen MR) is 107 cm³/mol. The largest absolute Gasteiger partial charge is 0.297 e. The summed E-state index contributed by atoms with van der Waals surface area (Å²) in [5.74, 6) is 0. The number of nitrogens with zero attached hydrogens (tertiary/aromatic N) is 1. The first kappa shape index (κ1) is 21.0. The second-order valence-electron chi connectivity index (χ2n) is 7.30. The first-order valence-corrected chi connectivity index (χ1v) is 12.0. The molecule has 1 aliphatic heterocycles. The van der Waals surface area contributed by atoms with Crippen molar-refractivity contribution in [3.05, 3.63) is 59.7 Å². The molecule has 1 fully saturated rings. The Bertz CT molecular complexity index is 1030. The molecule has 0 spiro atoms. The van der Waals surface area contributed by atoms with Gasteiger partial charge in [-0.25, -0.2) is 8.42 Å². The van der Waals surface area contributed by atoms with Crippen LogP contribution in [0, 0.1) is 13.8 Å². The van der Waals surface area contributed by atoms with Crippen molar-refractivity contribution in [3.8, 4) is 0 Å². The SMILES string of the molecule is Cc1ccc(S(=O)(=O)O[C@@H]2CC[C@H](C)N(S(=O)(=O)c3ccc(C)cc3)C2)cc1. The number of piperidine rings is 1. The Morgan fingerprint density at radius 3 is 1.86 bits per heavy atom. The molecule has 0 amide bonds. The quantitative estimate of drug-likeness (QED) is 0.690. The third kappa shape index (κ3) is 4.46. The fraction of sp³-hybridized carbons (Fsp3) is 0.400. The van der Waals surface area contributed by atoms with Crippen LogP contribution in [-0.4, -0.2) is 39.8 Å². The highest BCUT2D eigenvalue weighted by molar-refractivity contribution is 7.89. The summed E-state index contributed by atoms with van der Waals surface area (Å²) >= 11 is 0. The molecule has 152 valence electrons. The smallest absolute Gasteiger partial charge is 0.262 e. The van der Waals surface area contributed by atoms with Crippen LogP contribution in [0.3, 0.4) is 0 Å². The average molecular weight is 424 g/mol. The summed E-state index contributed by atoms with van der Waals surface area (Å²) in [6.07, 6.45) is 0.286. The van der Waals surface area contributed by atoms with Gasteiger partial charge in [0.25, 0.3) is 10.1 Å². The summed E-state index contributed by atoms with van der Waals surface area (Å²) in [6, 6.07) is 12.8. The topological polar surface area (TPSA) is 80.8 Å². The van der Waals surface area contributed by atoms with Gasteiger partial charge < -0.3 is 0 Å². The van der Waals surface area contributed by atoms with Crippen LogP contribution in [0.4, 0.5) is 0 Å². The second kappa shape index (κ2) is 7.94. The maximum Gasteiger partial charge on any atom is 0.297 e. The Balaban J connectivity index is 1.80. The molecule has 1 saturated heterocycles. The van der Waals surface area contributed by atoms with E-state index in [1.54, 1.807) is 36.4 Å². The fourth-order valence-corrected chi connectivity index (χ4v) is 6.03. The molecule has 3 rings (SSSR count). The molecule has 2 aromatic rings. The minimum absolute atomic E-state index is 0.00245. The molecule has 1 heterocycles. The average Bonchev–Trinajstić information content (AvgIpc) is 2.64. The third-order valence-corrected chi connectivity index (χ3v) is 8.35. The lowest BCUT2D eigenvalue weighted by Crippen LogP contribution is -2.48. The van der Waals surface area contributed by atoms with E-state index in [2.05, 4.69) is 0 Å². The van der Waals surface area contributed by atoms with E-state index >= 15 is 0 Å².